The molecule has 0 atom stereocenters. The standard InChI is InChI=1S/C20H24F3N3O2/c1-12-9-15-14(16(10-12)26-19(28)20(21,22)23)11-17(25-15)18(27)24-13-7-5-3-2-4-6-8-13/h9-11,13,25H,2-8H2,1H3,(H,24,27)(H,26,28). The van der Waals surface area contributed by atoms with Crippen LogP contribution in [0.4, 0.5) is 18.9 Å². The van der Waals surface area contributed by atoms with Crippen molar-refractivity contribution in [3.8, 4) is 0 Å². The summed E-state index contributed by atoms with van der Waals surface area (Å²) in [6.45, 7) is 1.71. The van der Waals surface area contributed by atoms with Gasteiger partial charge in [0.25, 0.3) is 5.91 Å². The Morgan fingerprint density at radius 2 is 1.68 bits per heavy atom. The van der Waals surface area contributed by atoms with Crippen molar-refractivity contribution < 1.29 is 22.8 Å². The molecule has 8 heteroatoms. The molecule has 1 aliphatic carbocycles. The van der Waals surface area contributed by atoms with Crippen molar-refractivity contribution >= 4 is 28.4 Å². The lowest BCUT2D eigenvalue weighted by atomic mass is 9.96. The number of benzene rings is 1. The molecule has 1 aromatic heterocycles. The monoisotopic (exact) mass is 395 g/mol. The molecule has 0 radical (unpaired) electrons. The largest absolute Gasteiger partial charge is 0.471 e. The van der Waals surface area contributed by atoms with Crippen LogP contribution in [-0.2, 0) is 4.79 Å². The second kappa shape index (κ2) is 8.24. The first-order chi connectivity index (χ1) is 13.2. The number of hydrogen-bond acceptors (Lipinski definition) is 2. The van der Waals surface area contributed by atoms with E-state index in [4.69, 9.17) is 0 Å². The number of anilines is 1. The molecule has 1 heterocycles. The molecule has 0 spiro atoms. The fourth-order valence-electron chi connectivity index (χ4n) is 3.66. The van der Waals surface area contributed by atoms with Crippen molar-refractivity contribution in [1.82, 2.24) is 10.3 Å². The first kappa shape index (κ1) is 20.2. The predicted molar refractivity (Wildman–Crippen MR) is 101 cm³/mol. The van der Waals surface area contributed by atoms with Gasteiger partial charge in [-0.1, -0.05) is 32.1 Å². The summed E-state index contributed by atoms with van der Waals surface area (Å²) in [6, 6.07) is 4.77. The molecular formula is C20H24F3N3O2. The Hall–Kier alpha value is -2.51. The number of carbonyl (C=O) groups is 2. The zero-order valence-corrected chi connectivity index (χ0v) is 15.7. The first-order valence-electron chi connectivity index (χ1n) is 9.56. The lowest BCUT2D eigenvalue weighted by Crippen LogP contribution is -2.35. The van der Waals surface area contributed by atoms with Gasteiger partial charge in [0.2, 0.25) is 0 Å². The normalized spacial score (nSPS) is 16.4. The maximum absolute atomic E-state index is 12.6. The highest BCUT2D eigenvalue weighted by Gasteiger charge is 2.39. The quantitative estimate of drug-likeness (QED) is 0.697. The first-order valence-corrected chi connectivity index (χ1v) is 9.56. The van der Waals surface area contributed by atoms with E-state index in [0.29, 0.717) is 16.5 Å². The topological polar surface area (TPSA) is 74.0 Å². The fourth-order valence-corrected chi connectivity index (χ4v) is 3.66. The molecule has 5 nitrogen and oxygen atoms in total. The Kier molecular flexibility index (Phi) is 5.96. The molecule has 28 heavy (non-hydrogen) atoms. The number of rotatable bonds is 3. The highest BCUT2D eigenvalue weighted by Crippen LogP contribution is 2.28. The van der Waals surface area contributed by atoms with Gasteiger partial charge in [0.1, 0.15) is 5.69 Å². The van der Waals surface area contributed by atoms with Crippen LogP contribution in [0.5, 0.6) is 0 Å². The van der Waals surface area contributed by atoms with Crippen molar-refractivity contribution in [3.05, 3.63) is 29.5 Å². The molecular weight excluding hydrogens is 371 g/mol. The second-order valence-electron chi connectivity index (χ2n) is 7.42. The van der Waals surface area contributed by atoms with Gasteiger partial charge < -0.3 is 15.6 Å². The van der Waals surface area contributed by atoms with Crippen molar-refractivity contribution in [2.45, 2.75) is 64.1 Å². The SMILES string of the molecule is Cc1cc(NC(=O)C(F)(F)F)c2cc(C(=O)NC3CCCCCCC3)[nH]c2c1. The molecule has 152 valence electrons. The van der Waals surface area contributed by atoms with E-state index < -0.39 is 12.1 Å². The summed E-state index contributed by atoms with van der Waals surface area (Å²) in [5, 5.41) is 5.29. The molecule has 1 fully saturated rings. The van der Waals surface area contributed by atoms with Crippen LogP contribution in [0, 0.1) is 6.92 Å². The van der Waals surface area contributed by atoms with Crippen LogP contribution >= 0.6 is 0 Å². The van der Waals surface area contributed by atoms with Crippen LogP contribution in [-0.4, -0.2) is 29.0 Å². The zero-order valence-electron chi connectivity index (χ0n) is 15.7. The van der Waals surface area contributed by atoms with E-state index in [1.807, 2.05) is 5.32 Å². The van der Waals surface area contributed by atoms with Gasteiger partial charge in [0, 0.05) is 16.9 Å². The van der Waals surface area contributed by atoms with Crippen LogP contribution in [0.2, 0.25) is 0 Å². The van der Waals surface area contributed by atoms with Gasteiger partial charge in [-0.25, -0.2) is 0 Å². The zero-order chi connectivity index (χ0) is 20.3. The molecule has 2 amide bonds. The lowest BCUT2D eigenvalue weighted by Gasteiger charge is -2.20. The van der Waals surface area contributed by atoms with Crippen LogP contribution in [0.1, 0.15) is 61.0 Å². The van der Waals surface area contributed by atoms with E-state index in [9.17, 15) is 22.8 Å². The number of aryl methyl sites for hydroxylation is 1. The Morgan fingerprint density at radius 3 is 2.32 bits per heavy atom. The van der Waals surface area contributed by atoms with Crippen molar-refractivity contribution in [2.75, 3.05) is 5.32 Å². The number of halogens is 3. The summed E-state index contributed by atoms with van der Waals surface area (Å²) in [7, 11) is 0. The minimum atomic E-state index is -4.98. The second-order valence-corrected chi connectivity index (χ2v) is 7.42. The van der Waals surface area contributed by atoms with E-state index >= 15 is 0 Å². The summed E-state index contributed by atoms with van der Waals surface area (Å²) >= 11 is 0. The third-order valence-corrected chi connectivity index (χ3v) is 5.07. The van der Waals surface area contributed by atoms with Crippen LogP contribution in [0.25, 0.3) is 10.9 Å². The van der Waals surface area contributed by atoms with Gasteiger partial charge in [0.05, 0.1) is 5.69 Å². The fraction of sp³-hybridized carbons (Fsp3) is 0.500. The molecule has 1 aliphatic rings. The van der Waals surface area contributed by atoms with Crippen LogP contribution < -0.4 is 10.6 Å². The Balaban J connectivity index is 1.81. The van der Waals surface area contributed by atoms with Gasteiger partial charge in [-0.15, -0.1) is 0 Å². The van der Waals surface area contributed by atoms with Crippen molar-refractivity contribution in [1.29, 1.82) is 0 Å². The summed E-state index contributed by atoms with van der Waals surface area (Å²) in [6.07, 6.45) is 2.59. The number of hydrogen-bond donors (Lipinski definition) is 3. The van der Waals surface area contributed by atoms with Crippen LogP contribution in [0.15, 0.2) is 18.2 Å². The van der Waals surface area contributed by atoms with Crippen molar-refractivity contribution in [3.63, 3.8) is 0 Å². The molecule has 0 bridgehead atoms. The summed E-state index contributed by atoms with van der Waals surface area (Å²) in [5.41, 5.74) is 1.46. The average molecular weight is 395 g/mol. The summed E-state index contributed by atoms with van der Waals surface area (Å²) in [4.78, 5) is 26.9. The van der Waals surface area contributed by atoms with Gasteiger partial charge >= 0.3 is 12.1 Å². The summed E-state index contributed by atoms with van der Waals surface area (Å²) < 4.78 is 37.8. The Labute approximate surface area is 161 Å². The van der Waals surface area contributed by atoms with E-state index in [2.05, 4.69) is 10.3 Å². The van der Waals surface area contributed by atoms with Gasteiger partial charge in [-0.05, 0) is 43.5 Å². The smallest absolute Gasteiger partial charge is 0.350 e. The van der Waals surface area contributed by atoms with Gasteiger partial charge in [0.15, 0.2) is 0 Å². The van der Waals surface area contributed by atoms with Gasteiger partial charge in [-0.2, -0.15) is 13.2 Å². The Bertz CT molecular complexity index is 865. The van der Waals surface area contributed by atoms with E-state index in [-0.39, 0.29) is 23.3 Å². The third-order valence-electron chi connectivity index (χ3n) is 5.07. The summed E-state index contributed by atoms with van der Waals surface area (Å²) in [5.74, 6) is -2.33. The predicted octanol–water partition coefficient (Wildman–Crippen LogP) is 4.82. The highest BCUT2D eigenvalue weighted by atomic mass is 19.4. The molecule has 0 unspecified atom stereocenters. The van der Waals surface area contributed by atoms with E-state index in [0.717, 1.165) is 25.7 Å². The number of nitrogens with one attached hydrogen (secondary N) is 3. The number of amides is 2. The number of alkyl halides is 3. The van der Waals surface area contributed by atoms with Crippen LogP contribution in [0.3, 0.4) is 0 Å². The van der Waals surface area contributed by atoms with Gasteiger partial charge in [-0.3, -0.25) is 9.59 Å². The molecule has 2 aromatic rings. The average Bonchev–Trinajstić information content (AvgIpc) is 3.00. The maximum Gasteiger partial charge on any atom is 0.471 e. The van der Waals surface area contributed by atoms with E-state index in [1.165, 1.54) is 31.4 Å². The molecule has 1 saturated carbocycles. The minimum Gasteiger partial charge on any atom is -0.350 e. The van der Waals surface area contributed by atoms with Crippen molar-refractivity contribution in [2.24, 2.45) is 0 Å². The molecule has 1 aromatic carbocycles. The Morgan fingerprint density at radius 1 is 1.04 bits per heavy atom. The maximum atomic E-state index is 12.6. The lowest BCUT2D eigenvalue weighted by molar-refractivity contribution is -0.167. The number of carbonyl (C=O) groups excluding carboxylic acids is 2. The molecule has 3 rings (SSSR count). The molecule has 3 N–H and O–H groups in total. The molecule has 0 aliphatic heterocycles. The van der Waals surface area contributed by atoms with E-state index in [1.54, 1.807) is 13.0 Å². The number of aromatic amines is 1. The number of H-pyrrole nitrogens is 1. The number of aromatic nitrogens is 1. The number of fused-ring (bicyclic) bond motifs is 1. The molecule has 0 saturated heterocycles. The third kappa shape index (κ3) is 4.85. The highest BCUT2D eigenvalue weighted by molar-refractivity contribution is 6.06. The minimum absolute atomic E-state index is 0.0265.